The zero-order chi connectivity index (χ0) is 11.3. The van der Waals surface area contributed by atoms with E-state index in [4.69, 9.17) is 4.74 Å². The molecule has 15 heavy (non-hydrogen) atoms. The number of halogens is 1. The number of aliphatic hydroxyl groups excluding tert-OH is 1. The molecular weight excluding hydrogens is 264 g/mol. The molecule has 1 aromatic rings. The molecule has 4 nitrogen and oxygen atoms in total. The Morgan fingerprint density at radius 1 is 1.47 bits per heavy atom. The predicted molar refractivity (Wildman–Crippen MR) is 57.7 cm³/mol. The van der Waals surface area contributed by atoms with Gasteiger partial charge in [-0.3, -0.25) is 0 Å². The lowest BCUT2D eigenvalue weighted by Crippen LogP contribution is -2.28. The monoisotopic (exact) mass is 274 g/mol. The number of esters is 1. The van der Waals surface area contributed by atoms with Crippen LogP contribution in [0.5, 0.6) is 5.75 Å². The largest absolute Gasteiger partial charge is 0.490 e. The SMILES string of the molecule is COC(=O)[C@H](O)COc1ccc(Br)cc1. The molecule has 1 N–H and O–H groups in total. The first kappa shape index (κ1) is 12.0. The zero-order valence-electron chi connectivity index (χ0n) is 8.14. The molecule has 0 aliphatic carbocycles. The van der Waals surface area contributed by atoms with Crippen molar-refractivity contribution in [3.8, 4) is 5.75 Å². The summed E-state index contributed by atoms with van der Waals surface area (Å²) in [5, 5.41) is 9.22. The highest BCUT2D eigenvalue weighted by molar-refractivity contribution is 9.10. The molecule has 1 atom stereocenters. The maximum Gasteiger partial charge on any atom is 0.338 e. The molecule has 0 aromatic heterocycles. The molecule has 0 radical (unpaired) electrons. The van der Waals surface area contributed by atoms with E-state index in [9.17, 15) is 9.90 Å². The number of carbonyl (C=O) groups excluding carboxylic acids is 1. The molecule has 1 rings (SSSR count). The van der Waals surface area contributed by atoms with E-state index in [1.54, 1.807) is 24.3 Å². The van der Waals surface area contributed by atoms with Gasteiger partial charge in [0.05, 0.1) is 7.11 Å². The van der Waals surface area contributed by atoms with E-state index in [1.165, 1.54) is 7.11 Å². The molecule has 0 aliphatic heterocycles. The molecule has 0 saturated heterocycles. The Hall–Kier alpha value is -1.07. The van der Waals surface area contributed by atoms with Crippen LogP contribution in [0, 0.1) is 0 Å². The Morgan fingerprint density at radius 3 is 2.60 bits per heavy atom. The normalized spacial score (nSPS) is 11.9. The minimum absolute atomic E-state index is 0.117. The predicted octanol–water partition coefficient (Wildman–Crippen LogP) is 1.36. The molecule has 1 aromatic carbocycles. The number of ether oxygens (including phenoxy) is 2. The van der Waals surface area contributed by atoms with Crippen LogP contribution in [0.4, 0.5) is 0 Å². The first-order valence-corrected chi connectivity index (χ1v) is 5.07. The summed E-state index contributed by atoms with van der Waals surface area (Å²) in [6.07, 6.45) is -1.25. The third-order valence-electron chi connectivity index (χ3n) is 1.69. The molecule has 5 heteroatoms. The molecule has 82 valence electrons. The number of carbonyl (C=O) groups is 1. The van der Waals surface area contributed by atoms with Crippen LogP contribution in [0.3, 0.4) is 0 Å². The second-order valence-corrected chi connectivity index (χ2v) is 3.72. The molecule has 0 bridgehead atoms. The Balaban J connectivity index is 2.43. The van der Waals surface area contributed by atoms with Gasteiger partial charge in [0.15, 0.2) is 6.10 Å². The summed E-state index contributed by atoms with van der Waals surface area (Å²) >= 11 is 3.28. The van der Waals surface area contributed by atoms with Gasteiger partial charge in [0.1, 0.15) is 12.4 Å². The van der Waals surface area contributed by atoms with Gasteiger partial charge < -0.3 is 14.6 Å². The van der Waals surface area contributed by atoms with Crippen molar-refractivity contribution in [3.05, 3.63) is 28.7 Å². The number of rotatable bonds is 4. The van der Waals surface area contributed by atoms with Crippen LogP contribution in [0.1, 0.15) is 0 Å². The van der Waals surface area contributed by atoms with Gasteiger partial charge in [-0.25, -0.2) is 4.79 Å². The Labute approximate surface area is 95.9 Å². The summed E-state index contributed by atoms with van der Waals surface area (Å²) in [7, 11) is 1.21. The maximum absolute atomic E-state index is 10.8. The summed E-state index contributed by atoms with van der Waals surface area (Å²) in [5.74, 6) is -0.117. The Morgan fingerprint density at radius 2 is 2.07 bits per heavy atom. The second-order valence-electron chi connectivity index (χ2n) is 2.80. The van der Waals surface area contributed by atoms with Crippen LogP contribution < -0.4 is 4.74 Å². The topological polar surface area (TPSA) is 55.8 Å². The van der Waals surface area contributed by atoms with Crippen molar-refractivity contribution in [3.63, 3.8) is 0 Å². The summed E-state index contributed by atoms with van der Waals surface area (Å²) in [4.78, 5) is 10.8. The van der Waals surface area contributed by atoms with E-state index in [0.29, 0.717) is 5.75 Å². The first-order chi connectivity index (χ1) is 7.13. The Kier molecular flexibility index (Phi) is 4.58. The highest BCUT2D eigenvalue weighted by Gasteiger charge is 2.15. The van der Waals surface area contributed by atoms with Crippen LogP contribution in [-0.4, -0.2) is 30.9 Å². The van der Waals surface area contributed by atoms with Crippen molar-refractivity contribution in [2.24, 2.45) is 0 Å². The average Bonchev–Trinajstić information content (AvgIpc) is 2.26. The van der Waals surface area contributed by atoms with E-state index >= 15 is 0 Å². The van der Waals surface area contributed by atoms with E-state index in [0.717, 1.165) is 4.47 Å². The maximum atomic E-state index is 10.8. The lowest BCUT2D eigenvalue weighted by molar-refractivity contribution is -0.151. The number of aliphatic hydroxyl groups is 1. The van der Waals surface area contributed by atoms with Gasteiger partial charge in [-0.2, -0.15) is 0 Å². The molecule has 0 fully saturated rings. The van der Waals surface area contributed by atoms with E-state index in [1.807, 2.05) is 0 Å². The summed E-state index contributed by atoms with van der Waals surface area (Å²) < 4.78 is 10.5. The van der Waals surface area contributed by atoms with Crippen LogP contribution >= 0.6 is 15.9 Å². The fourth-order valence-electron chi connectivity index (χ4n) is 0.910. The highest BCUT2D eigenvalue weighted by atomic mass is 79.9. The van der Waals surface area contributed by atoms with Crippen molar-refractivity contribution in [1.82, 2.24) is 0 Å². The second kappa shape index (κ2) is 5.72. The van der Waals surface area contributed by atoms with Crippen LogP contribution in [0.15, 0.2) is 28.7 Å². The van der Waals surface area contributed by atoms with E-state index < -0.39 is 12.1 Å². The molecule has 0 heterocycles. The van der Waals surface area contributed by atoms with Gasteiger partial charge in [-0.05, 0) is 24.3 Å². The van der Waals surface area contributed by atoms with Gasteiger partial charge in [0.2, 0.25) is 0 Å². The first-order valence-electron chi connectivity index (χ1n) is 4.27. The van der Waals surface area contributed by atoms with Crippen molar-refractivity contribution in [2.45, 2.75) is 6.10 Å². The summed E-state index contributed by atoms with van der Waals surface area (Å²) in [6.45, 7) is -0.117. The third kappa shape index (κ3) is 3.89. The van der Waals surface area contributed by atoms with Gasteiger partial charge in [0.25, 0.3) is 0 Å². The lowest BCUT2D eigenvalue weighted by Gasteiger charge is -2.10. The third-order valence-corrected chi connectivity index (χ3v) is 2.22. The van der Waals surface area contributed by atoms with Gasteiger partial charge in [-0.15, -0.1) is 0 Å². The minimum atomic E-state index is -1.25. The summed E-state index contributed by atoms with van der Waals surface area (Å²) in [6, 6.07) is 7.07. The van der Waals surface area contributed by atoms with Crippen molar-refractivity contribution >= 4 is 21.9 Å². The van der Waals surface area contributed by atoms with Crippen molar-refractivity contribution in [1.29, 1.82) is 0 Å². The number of benzene rings is 1. The van der Waals surface area contributed by atoms with Crippen LogP contribution in [0.25, 0.3) is 0 Å². The van der Waals surface area contributed by atoms with Crippen molar-refractivity contribution in [2.75, 3.05) is 13.7 Å². The molecule has 0 saturated carbocycles. The van der Waals surface area contributed by atoms with E-state index in [2.05, 4.69) is 20.7 Å². The zero-order valence-corrected chi connectivity index (χ0v) is 9.73. The average molecular weight is 275 g/mol. The summed E-state index contributed by atoms with van der Waals surface area (Å²) in [5.41, 5.74) is 0. The van der Waals surface area contributed by atoms with Gasteiger partial charge in [-0.1, -0.05) is 15.9 Å². The molecular formula is C10H11BrO4. The van der Waals surface area contributed by atoms with E-state index in [-0.39, 0.29) is 6.61 Å². The highest BCUT2D eigenvalue weighted by Crippen LogP contribution is 2.16. The minimum Gasteiger partial charge on any atom is -0.490 e. The van der Waals surface area contributed by atoms with Crippen molar-refractivity contribution < 1.29 is 19.4 Å². The number of methoxy groups -OCH3 is 1. The number of hydrogen-bond donors (Lipinski definition) is 1. The lowest BCUT2D eigenvalue weighted by atomic mass is 10.3. The van der Waals surface area contributed by atoms with Crippen LogP contribution in [-0.2, 0) is 9.53 Å². The van der Waals surface area contributed by atoms with Crippen LogP contribution in [0.2, 0.25) is 0 Å². The molecule has 0 spiro atoms. The molecule has 0 amide bonds. The fraction of sp³-hybridized carbons (Fsp3) is 0.300. The number of hydrogen-bond acceptors (Lipinski definition) is 4. The molecule has 0 unspecified atom stereocenters. The quantitative estimate of drug-likeness (QED) is 0.843. The Bertz CT molecular complexity index is 323. The molecule has 0 aliphatic rings. The fourth-order valence-corrected chi connectivity index (χ4v) is 1.17. The smallest absolute Gasteiger partial charge is 0.338 e. The van der Waals surface area contributed by atoms with Gasteiger partial charge >= 0.3 is 5.97 Å². The van der Waals surface area contributed by atoms with Gasteiger partial charge in [0, 0.05) is 4.47 Å². The standard InChI is InChI=1S/C10H11BrO4/c1-14-10(13)9(12)6-15-8-4-2-7(11)3-5-8/h2-5,9,12H,6H2,1H3/t9-/m1/s1.